The molecule has 0 saturated carbocycles. The Labute approximate surface area is 191 Å². The van der Waals surface area contributed by atoms with Crippen molar-refractivity contribution in [2.45, 2.75) is 12.5 Å². The number of Topliss-reactive ketones (excluding diaryl/α,β-unsaturated/α-hetero) is 1. The normalized spacial score (nSPS) is 20.9. The third kappa shape index (κ3) is 4.69. The van der Waals surface area contributed by atoms with Gasteiger partial charge in [0.1, 0.15) is 17.3 Å². The molecule has 174 valence electrons. The zero-order valence-electron chi connectivity index (χ0n) is 18.4. The zero-order valence-corrected chi connectivity index (χ0v) is 18.4. The van der Waals surface area contributed by atoms with Crippen LogP contribution in [0, 0.1) is 0 Å². The number of aliphatic hydroxyl groups is 1. The first-order valence-corrected chi connectivity index (χ1v) is 10.9. The Morgan fingerprint density at radius 3 is 2.55 bits per heavy atom. The molecule has 0 aliphatic carbocycles. The van der Waals surface area contributed by atoms with E-state index in [2.05, 4.69) is 9.88 Å². The van der Waals surface area contributed by atoms with E-state index < -0.39 is 23.5 Å². The third-order valence-electron chi connectivity index (χ3n) is 6.00. The molecule has 1 unspecified atom stereocenters. The third-order valence-corrected chi connectivity index (χ3v) is 6.00. The van der Waals surface area contributed by atoms with E-state index in [9.17, 15) is 19.8 Å². The fourth-order valence-electron chi connectivity index (χ4n) is 4.28. The summed E-state index contributed by atoms with van der Waals surface area (Å²) in [5.74, 6) is -1.73. The lowest BCUT2D eigenvalue weighted by Gasteiger charge is -2.29. The highest BCUT2D eigenvalue weighted by Crippen LogP contribution is 2.41. The molecule has 33 heavy (non-hydrogen) atoms. The van der Waals surface area contributed by atoms with E-state index in [1.165, 1.54) is 24.1 Å². The van der Waals surface area contributed by atoms with Crippen LogP contribution in [0.2, 0.25) is 0 Å². The van der Waals surface area contributed by atoms with Gasteiger partial charge in [0.05, 0.1) is 37.5 Å². The van der Waals surface area contributed by atoms with Crippen molar-refractivity contribution in [1.29, 1.82) is 0 Å². The predicted octanol–water partition coefficient (Wildman–Crippen LogP) is 1.94. The van der Waals surface area contributed by atoms with Crippen molar-refractivity contribution in [2.24, 2.45) is 0 Å². The molecule has 4 rings (SSSR count). The number of carbonyl (C=O) groups excluding carboxylic acids is 2. The summed E-state index contributed by atoms with van der Waals surface area (Å²) in [5, 5.41) is 21.5. The quantitative estimate of drug-likeness (QED) is 0.372. The van der Waals surface area contributed by atoms with Crippen LogP contribution < -0.4 is 4.74 Å². The number of ketones is 1. The first-order valence-electron chi connectivity index (χ1n) is 10.9. The minimum atomic E-state index is -0.782. The summed E-state index contributed by atoms with van der Waals surface area (Å²) in [6, 6.07) is 7.01. The first kappa shape index (κ1) is 22.8. The second-order valence-electron chi connectivity index (χ2n) is 7.96. The average Bonchev–Trinajstić information content (AvgIpc) is 3.10. The Hall–Kier alpha value is -3.43. The number of nitrogens with zero attached hydrogens (tertiary/aromatic N) is 3. The van der Waals surface area contributed by atoms with Gasteiger partial charge in [0, 0.05) is 44.6 Å². The van der Waals surface area contributed by atoms with Gasteiger partial charge in [-0.2, -0.15) is 0 Å². The fraction of sp³-hybridized carbons (Fsp3) is 0.375. The number of benzene rings is 1. The molecule has 2 aliphatic heterocycles. The molecule has 0 radical (unpaired) electrons. The Balaban J connectivity index is 1.67. The van der Waals surface area contributed by atoms with Crippen LogP contribution in [0.3, 0.4) is 0 Å². The van der Waals surface area contributed by atoms with Gasteiger partial charge in [-0.3, -0.25) is 19.5 Å². The maximum absolute atomic E-state index is 13.1. The van der Waals surface area contributed by atoms with Crippen LogP contribution in [-0.2, 0) is 14.3 Å². The second kappa shape index (κ2) is 10.0. The summed E-state index contributed by atoms with van der Waals surface area (Å²) in [6.45, 7) is 4.17. The largest absolute Gasteiger partial charge is 0.507 e. The van der Waals surface area contributed by atoms with Crippen LogP contribution >= 0.6 is 0 Å². The van der Waals surface area contributed by atoms with Gasteiger partial charge < -0.3 is 24.6 Å². The molecule has 0 spiro atoms. The highest BCUT2D eigenvalue weighted by molar-refractivity contribution is 6.46. The molecule has 3 heterocycles. The van der Waals surface area contributed by atoms with Crippen LogP contribution in [0.25, 0.3) is 5.76 Å². The number of methoxy groups -OCH3 is 1. The van der Waals surface area contributed by atoms with Gasteiger partial charge in [-0.1, -0.05) is 0 Å². The maximum atomic E-state index is 13.1. The monoisotopic (exact) mass is 453 g/mol. The van der Waals surface area contributed by atoms with Crippen LogP contribution in [0.15, 0.2) is 48.3 Å². The number of phenolic OH excluding ortho intramolecular Hbond substituents is 1. The van der Waals surface area contributed by atoms with Crippen molar-refractivity contribution < 1.29 is 29.3 Å². The van der Waals surface area contributed by atoms with Gasteiger partial charge in [0.15, 0.2) is 0 Å². The molecule has 2 N–H and O–H groups in total. The van der Waals surface area contributed by atoms with Crippen LogP contribution in [0.4, 0.5) is 0 Å². The number of aromatic nitrogens is 1. The van der Waals surface area contributed by atoms with E-state index in [1.54, 1.807) is 30.6 Å². The predicted molar refractivity (Wildman–Crippen MR) is 120 cm³/mol. The summed E-state index contributed by atoms with van der Waals surface area (Å²) in [6.07, 6.45) is 3.82. The molecule has 1 atom stereocenters. The molecule has 2 fully saturated rings. The van der Waals surface area contributed by atoms with E-state index in [-0.39, 0.29) is 16.9 Å². The van der Waals surface area contributed by atoms with Gasteiger partial charge in [-0.05, 0) is 36.2 Å². The van der Waals surface area contributed by atoms with E-state index in [4.69, 9.17) is 9.47 Å². The van der Waals surface area contributed by atoms with Gasteiger partial charge in [-0.15, -0.1) is 0 Å². The molecule has 2 aliphatic rings. The van der Waals surface area contributed by atoms with E-state index in [1.807, 2.05) is 0 Å². The van der Waals surface area contributed by atoms with Crippen molar-refractivity contribution in [2.75, 3.05) is 46.5 Å². The number of pyridine rings is 1. The summed E-state index contributed by atoms with van der Waals surface area (Å²) in [5.41, 5.74) is 0.657. The number of aliphatic hydroxyl groups excluding tert-OH is 1. The Morgan fingerprint density at radius 1 is 1.15 bits per heavy atom. The Kier molecular flexibility index (Phi) is 6.90. The molecular formula is C24H27N3O6. The van der Waals surface area contributed by atoms with E-state index in [0.29, 0.717) is 37.5 Å². The molecule has 2 saturated heterocycles. The topological polar surface area (TPSA) is 112 Å². The lowest BCUT2D eigenvalue weighted by Crippen LogP contribution is -2.38. The number of hydrogen-bond acceptors (Lipinski definition) is 8. The standard InChI is InChI=1S/C24H27N3O6/c1-32-17-3-4-18(19(28)15-17)22(29)20-21(16-5-7-25-8-6-16)27(24(31)23(20)30)10-2-9-26-11-13-33-14-12-26/h3-8,15,21,28-29H,2,9-14H2,1H3/b22-20+. The Bertz CT molecular complexity index is 1050. The average molecular weight is 453 g/mol. The second-order valence-corrected chi connectivity index (χ2v) is 7.96. The minimum absolute atomic E-state index is 0.0566. The molecule has 1 aromatic heterocycles. The van der Waals surface area contributed by atoms with Crippen molar-refractivity contribution in [3.8, 4) is 11.5 Å². The van der Waals surface area contributed by atoms with Gasteiger partial charge >= 0.3 is 0 Å². The summed E-state index contributed by atoms with van der Waals surface area (Å²) in [7, 11) is 1.46. The summed E-state index contributed by atoms with van der Waals surface area (Å²) >= 11 is 0. The van der Waals surface area contributed by atoms with Gasteiger partial charge in [0.25, 0.3) is 11.7 Å². The van der Waals surface area contributed by atoms with Crippen molar-refractivity contribution >= 4 is 17.4 Å². The zero-order chi connectivity index (χ0) is 23.4. The maximum Gasteiger partial charge on any atom is 0.295 e. The van der Waals surface area contributed by atoms with Gasteiger partial charge in [0.2, 0.25) is 0 Å². The number of ether oxygens (including phenoxy) is 2. The smallest absolute Gasteiger partial charge is 0.295 e. The molecule has 2 aromatic rings. The molecule has 1 aromatic carbocycles. The minimum Gasteiger partial charge on any atom is -0.507 e. The van der Waals surface area contributed by atoms with E-state index in [0.717, 1.165) is 19.6 Å². The van der Waals surface area contributed by atoms with Crippen molar-refractivity contribution in [1.82, 2.24) is 14.8 Å². The number of phenols is 1. The molecular weight excluding hydrogens is 426 g/mol. The summed E-state index contributed by atoms with van der Waals surface area (Å²) < 4.78 is 10.5. The lowest BCUT2D eigenvalue weighted by molar-refractivity contribution is -0.140. The van der Waals surface area contributed by atoms with E-state index >= 15 is 0 Å². The number of carbonyl (C=O) groups is 2. The summed E-state index contributed by atoms with van der Waals surface area (Å²) in [4.78, 5) is 33.8. The molecule has 0 bridgehead atoms. The highest BCUT2D eigenvalue weighted by Gasteiger charge is 2.46. The number of aromatic hydroxyl groups is 1. The molecule has 9 heteroatoms. The number of amides is 1. The first-order chi connectivity index (χ1) is 16.0. The fourth-order valence-corrected chi connectivity index (χ4v) is 4.28. The Morgan fingerprint density at radius 2 is 1.88 bits per heavy atom. The van der Waals surface area contributed by atoms with Crippen molar-refractivity contribution in [3.05, 3.63) is 59.4 Å². The number of rotatable bonds is 7. The van der Waals surface area contributed by atoms with Gasteiger partial charge in [-0.25, -0.2) is 0 Å². The number of likely N-dealkylation sites (tertiary alicyclic amines) is 1. The lowest BCUT2D eigenvalue weighted by atomic mass is 9.95. The van der Waals surface area contributed by atoms with Crippen LogP contribution in [0.1, 0.15) is 23.6 Å². The number of hydrogen-bond donors (Lipinski definition) is 2. The van der Waals surface area contributed by atoms with Crippen LogP contribution in [0.5, 0.6) is 11.5 Å². The van der Waals surface area contributed by atoms with Crippen LogP contribution in [-0.4, -0.2) is 83.2 Å². The highest BCUT2D eigenvalue weighted by atomic mass is 16.5. The SMILES string of the molecule is COc1ccc(/C(O)=C2\C(=O)C(=O)N(CCCN3CCOCC3)C2c2ccncc2)c(O)c1. The molecule has 1 amide bonds. The number of morpholine rings is 1. The van der Waals surface area contributed by atoms with Crippen molar-refractivity contribution in [3.63, 3.8) is 0 Å². The molecule has 9 nitrogen and oxygen atoms in total.